The number of alkyl halides is 3. The first kappa shape index (κ1) is 14.7. The molecule has 0 radical (unpaired) electrons. The highest BCUT2D eigenvalue weighted by molar-refractivity contribution is 5.85. The molecule has 0 bridgehead atoms. The van der Waals surface area contributed by atoms with Gasteiger partial charge < -0.3 is 5.73 Å². The minimum atomic E-state index is -3.12. The zero-order valence-corrected chi connectivity index (χ0v) is 10.2. The van der Waals surface area contributed by atoms with E-state index in [1.54, 1.807) is 13.0 Å². The fourth-order valence-corrected chi connectivity index (χ4v) is 1.51. The van der Waals surface area contributed by atoms with Crippen molar-refractivity contribution >= 4 is 23.3 Å². The highest BCUT2D eigenvalue weighted by Gasteiger charge is 2.23. The van der Waals surface area contributed by atoms with Gasteiger partial charge in [0.15, 0.2) is 0 Å². The lowest BCUT2D eigenvalue weighted by atomic mass is 10.2. The van der Waals surface area contributed by atoms with Crippen LogP contribution in [-0.4, -0.2) is 21.2 Å². The van der Waals surface area contributed by atoms with E-state index in [4.69, 9.17) is 5.73 Å². The lowest BCUT2D eigenvalue weighted by Crippen LogP contribution is -2.13. The molecule has 0 saturated carbocycles. The number of nitrogens with zero attached hydrogens (tertiary/aromatic N) is 3. The normalized spacial score (nSPS) is 14.6. The molecule has 2 aromatic rings. The third kappa shape index (κ3) is 2.56. The molecule has 0 fully saturated rings. The highest BCUT2D eigenvalue weighted by Crippen LogP contribution is 2.24. The van der Waals surface area contributed by atoms with Crippen LogP contribution in [0.5, 0.6) is 0 Å². The molecule has 8 heteroatoms. The van der Waals surface area contributed by atoms with Crippen molar-refractivity contribution in [2.24, 2.45) is 5.73 Å². The Balaban J connectivity index is 0.00000162. The standard InChI is InChI=1S/C10H11F3N4.ClH/c1-5(14)7-2-6-3-16-17(8(6)4-15-7)10(13)9(11)12;/h2-5,9-10H,14H2,1H3;1H/t5-,10?;/m1./s1. The van der Waals surface area contributed by atoms with Crippen molar-refractivity contribution in [1.29, 1.82) is 0 Å². The average Bonchev–Trinajstić information content (AvgIpc) is 2.70. The summed E-state index contributed by atoms with van der Waals surface area (Å²) < 4.78 is 38.3. The molecule has 1 unspecified atom stereocenters. The molecular weight excluding hydrogens is 269 g/mol. The van der Waals surface area contributed by atoms with Crippen molar-refractivity contribution in [2.75, 3.05) is 0 Å². The van der Waals surface area contributed by atoms with Crippen LogP contribution in [0.4, 0.5) is 13.2 Å². The third-order valence-corrected chi connectivity index (χ3v) is 2.41. The lowest BCUT2D eigenvalue weighted by Gasteiger charge is -2.09. The van der Waals surface area contributed by atoms with Gasteiger partial charge in [-0.15, -0.1) is 12.4 Å². The van der Waals surface area contributed by atoms with Crippen LogP contribution in [0, 0.1) is 0 Å². The Morgan fingerprint density at radius 1 is 1.28 bits per heavy atom. The molecule has 2 aromatic heterocycles. The van der Waals surface area contributed by atoms with Crippen LogP contribution in [0.3, 0.4) is 0 Å². The van der Waals surface area contributed by atoms with Crippen LogP contribution < -0.4 is 5.73 Å². The monoisotopic (exact) mass is 280 g/mol. The van der Waals surface area contributed by atoms with Gasteiger partial charge in [0, 0.05) is 11.4 Å². The molecule has 2 atom stereocenters. The molecule has 0 aliphatic heterocycles. The Bertz CT molecular complexity index is 529. The van der Waals surface area contributed by atoms with Gasteiger partial charge in [0.1, 0.15) is 0 Å². The number of rotatable bonds is 3. The van der Waals surface area contributed by atoms with Crippen LogP contribution in [0.25, 0.3) is 10.9 Å². The molecule has 0 aromatic carbocycles. The van der Waals surface area contributed by atoms with Gasteiger partial charge in [-0.25, -0.2) is 17.9 Å². The number of pyridine rings is 1. The highest BCUT2D eigenvalue weighted by atomic mass is 35.5. The Morgan fingerprint density at radius 3 is 2.50 bits per heavy atom. The van der Waals surface area contributed by atoms with Crippen LogP contribution in [-0.2, 0) is 0 Å². The Morgan fingerprint density at radius 2 is 1.94 bits per heavy atom. The second kappa shape index (κ2) is 5.53. The van der Waals surface area contributed by atoms with Gasteiger partial charge in [0.2, 0.25) is 0 Å². The first-order valence-corrected chi connectivity index (χ1v) is 5.01. The number of fused-ring (bicyclic) bond motifs is 1. The predicted molar refractivity (Wildman–Crippen MR) is 63.5 cm³/mol. The first-order valence-electron chi connectivity index (χ1n) is 5.01. The maximum atomic E-state index is 13.2. The van der Waals surface area contributed by atoms with E-state index in [-0.39, 0.29) is 24.0 Å². The number of aromatic nitrogens is 3. The van der Waals surface area contributed by atoms with Crippen molar-refractivity contribution in [1.82, 2.24) is 14.8 Å². The van der Waals surface area contributed by atoms with Gasteiger partial charge >= 0.3 is 0 Å². The molecule has 2 rings (SSSR count). The fraction of sp³-hybridized carbons (Fsp3) is 0.400. The zero-order chi connectivity index (χ0) is 12.6. The van der Waals surface area contributed by atoms with Gasteiger partial charge in [0.05, 0.1) is 23.6 Å². The fourth-order valence-electron chi connectivity index (χ4n) is 1.51. The Kier molecular flexibility index (Phi) is 4.53. The minimum absolute atomic E-state index is 0. The summed E-state index contributed by atoms with van der Waals surface area (Å²) in [6.45, 7) is 1.75. The van der Waals surface area contributed by atoms with Crippen LogP contribution >= 0.6 is 12.4 Å². The van der Waals surface area contributed by atoms with Crippen LogP contribution in [0.2, 0.25) is 0 Å². The number of nitrogens with two attached hydrogens (primary N) is 1. The van der Waals surface area contributed by atoms with Gasteiger partial charge in [-0.1, -0.05) is 0 Å². The van der Waals surface area contributed by atoms with Crippen molar-refractivity contribution in [3.8, 4) is 0 Å². The molecule has 18 heavy (non-hydrogen) atoms. The molecule has 2 heterocycles. The smallest absolute Gasteiger partial charge is 0.289 e. The van der Waals surface area contributed by atoms with Crippen molar-refractivity contribution < 1.29 is 13.2 Å². The van der Waals surface area contributed by atoms with Gasteiger partial charge in [0.25, 0.3) is 12.7 Å². The quantitative estimate of drug-likeness (QED) is 0.940. The molecule has 4 nitrogen and oxygen atoms in total. The molecule has 0 spiro atoms. The Labute approximate surface area is 107 Å². The lowest BCUT2D eigenvalue weighted by molar-refractivity contribution is 0.00341. The maximum Gasteiger partial charge on any atom is 0.289 e. The van der Waals surface area contributed by atoms with E-state index in [0.29, 0.717) is 15.8 Å². The van der Waals surface area contributed by atoms with E-state index >= 15 is 0 Å². The molecule has 100 valence electrons. The molecular formula is C10H12ClF3N4. The van der Waals surface area contributed by atoms with E-state index in [1.165, 1.54) is 12.4 Å². The van der Waals surface area contributed by atoms with E-state index in [1.807, 2.05) is 0 Å². The summed E-state index contributed by atoms with van der Waals surface area (Å²) in [7, 11) is 0. The first-order chi connectivity index (χ1) is 8.00. The second-order valence-electron chi connectivity index (χ2n) is 3.75. The van der Waals surface area contributed by atoms with Gasteiger partial charge in [-0.05, 0) is 13.0 Å². The zero-order valence-electron chi connectivity index (χ0n) is 9.43. The SMILES string of the molecule is C[C@@H](N)c1cc2cnn(C(F)C(F)F)c2cn1.Cl. The van der Waals surface area contributed by atoms with Crippen molar-refractivity contribution in [2.45, 2.75) is 25.7 Å². The summed E-state index contributed by atoms with van der Waals surface area (Å²) >= 11 is 0. The molecule has 0 aliphatic carbocycles. The second-order valence-corrected chi connectivity index (χ2v) is 3.75. The van der Waals surface area contributed by atoms with Crippen LogP contribution in [0.1, 0.15) is 25.0 Å². The third-order valence-electron chi connectivity index (χ3n) is 2.41. The maximum absolute atomic E-state index is 13.2. The van der Waals surface area contributed by atoms with Crippen LogP contribution in [0.15, 0.2) is 18.5 Å². The van der Waals surface area contributed by atoms with E-state index in [9.17, 15) is 13.2 Å². The number of halogens is 4. The summed E-state index contributed by atoms with van der Waals surface area (Å²) in [5.41, 5.74) is 6.46. The largest absolute Gasteiger partial charge is 0.323 e. The topological polar surface area (TPSA) is 56.7 Å². The van der Waals surface area contributed by atoms with E-state index in [0.717, 1.165) is 0 Å². The van der Waals surface area contributed by atoms with E-state index < -0.39 is 12.7 Å². The molecule has 2 N–H and O–H groups in total. The summed E-state index contributed by atoms with van der Waals surface area (Å²) in [6.07, 6.45) is -2.96. The average molecular weight is 281 g/mol. The Hall–Kier alpha value is -1.34. The summed E-state index contributed by atoms with van der Waals surface area (Å²) in [5, 5.41) is 4.14. The summed E-state index contributed by atoms with van der Waals surface area (Å²) in [5.74, 6) is 0. The predicted octanol–water partition coefficient (Wildman–Crippen LogP) is 2.61. The van der Waals surface area contributed by atoms with E-state index in [2.05, 4.69) is 10.1 Å². The number of hydrogen-bond donors (Lipinski definition) is 1. The van der Waals surface area contributed by atoms with Gasteiger partial charge in [-0.2, -0.15) is 5.10 Å². The molecule has 0 saturated heterocycles. The summed E-state index contributed by atoms with van der Waals surface area (Å²) in [4.78, 5) is 3.98. The molecule has 0 amide bonds. The molecule has 0 aliphatic rings. The van der Waals surface area contributed by atoms with Crippen molar-refractivity contribution in [3.63, 3.8) is 0 Å². The number of hydrogen-bond acceptors (Lipinski definition) is 3. The summed E-state index contributed by atoms with van der Waals surface area (Å²) in [6, 6.07) is 1.33. The van der Waals surface area contributed by atoms with Crippen molar-refractivity contribution in [3.05, 3.63) is 24.2 Å². The van der Waals surface area contributed by atoms with Gasteiger partial charge in [-0.3, -0.25) is 4.98 Å². The minimum Gasteiger partial charge on any atom is -0.323 e.